The van der Waals surface area contributed by atoms with Crippen LogP contribution in [0.1, 0.15) is 40.4 Å². The van der Waals surface area contributed by atoms with E-state index < -0.39 is 0 Å². The number of carbonyl (C=O) groups is 1. The Bertz CT molecular complexity index is 1220. The molecule has 1 aromatic heterocycles. The molecule has 0 saturated heterocycles. The van der Waals surface area contributed by atoms with Crippen molar-refractivity contribution in [1.82, 2.24) is 9.47 Å². The molecule has 0 bridgehead atoms. The first-order valence-electron chi connectivity index (χ1n) is 11.1. The molecule has 2 aromatic carbocycles. The molecule has 0 radical (unpaired) electrons. The van der Waals surface area contributed by atoms with Gasteiger partial charge in [-0.2, -0.15) is 0 Å². The topological polar surface area (TPSA) is 52.9 Å². The van der Waals surface area contributed by atoms with E-state index >= 15 is 0 Å². The van der Waals surface area contributed by atoms with Gasteiger partial charge in [0.05, 0.1) is 11.1 Å². The van der Waals surface area contributed by atoms with Gasteiger partial charge in [0.1, 0.15) is 18.2 Å². The number of aromatic nitrogens is 1. The molecule has 3 heterocycles. The number of fused-ring (bicyclic) bond motifs is 4. The fourth-order valence-electron chi connectivity index (χ4n) is 4.64. The van der Waals surface area contributed by atoms with Crippen molar-refractivity contribution >= 4 is 22.8 Å². The van der Waals surface area contributed by atoms with E-state index in [9.17, 15) is 4.79 Å². The van der Waals surface area contributed by atoms with Crippen molar-refractivity contribution in [1.29, 1.82) is 0 Å². The summed E-state index contributed by atoms with van der Waals surface area (Å²) >= 11 is 0. The van der Waals surface area contributed by atoms with Gasteiger partial charge in [-0.3, -0.25) is 9.69 Å². The lowest BCUT2D eigenvalue weighted by molar-refractivity contribution is 0.0822. The van der Waals surface area contributed by atoms with Gasteiger partial charge in [-0.05, 0) is 44.0 Å². The van der Waals surface area contributed by atoms with Crippen LogP contribution in [0, 0.1) is 6.92 Å². The first-order chi connectivity index (χ1) is 15.6. The lowest BCUT2D eigenvalue weighted by atomic mass is 9.98. The molecule has 166 valence electrons. The van der Waals surface area contributed by atoms with E-state index in [1.54, 1.807) is 7.11 Å². The summed E-state index contributed by atoms with van der Waals surface area (Å²) in [6, 6.07) is 10.2. The Balaban J connectivity index is 1.50. The minimum Gasteiger partial charge on any atom is -0.478 e. The third kappa shape index (κ3) is 3.49. The Labute approximate surface area is 188 Å². The van der Waals surface area contributed by atoms with Crippen molar-refractivity contribution in [2.45, 2.75) is 33.4 Å². The number of carbonyl (C=O) groups excluding carboxylic acids is 1. The van der Waals surface area contributed by atoms with Crippen LogP contribution in [0.3, 0.4) is 0 Å². The van der Waals surface area contributed by atoms with Gasteiger partial charge in [0.25, 0.3) is 0 Å². The zero-order chi connectivity index (χ0) is 22.2. The maximum atomic E-state index is 13.3. The molecule has 0 fully saturated rings. The number of nitrogens with zero attached hydrogens (tertiary/aromatic N) is 2. The molecular weight excluding hydrogens is 404 g/mol. The SMILES string of the molecule is CCn1cc(/C=C2\Oc3c4c(cc(C)c3C2=O)OCN(CCCOC)C4)c2ccccc21. The molecule has 2 aliphatic heterocycles. The quantitative estimate of drug-likeness (QED) is 0.415. The Morgan fingerprint density at radius 2 is 2.09 bits per heavy atom. The summed E-state index contributed by atoms with van der Waals surface area (Å²) in [5.41, 5.74) is 4.62. The molecule has 0 spiro atoms. The number of Topliss-reactive ketones (excluding diaryl/α,β-unsaturated/α-hetero) is 1. The number of benzene rings is 2. The number of methoxy groups -OCH3 is 1. The molecule has 3 aromatic rings. The third-order valence-electron chi connectivity index (χ3n) is 6.26. The molecule has 6 nitrogen and oxygen atoms in total. The maximum absolute atomic E-state index is 13.3. The molecule has 5 rings (SSSR count). The monoisotopic (exact) mass is 432 g/mol. The number of rotatable bonds is 6. The van der Waals surface area contributed by atoms with E-state index in [4.69, 9.17) is 14.2 Å². The molecule has 32 heavy (non-hydrogen) atoms. The summed E-state index contributed by atoms with van der Waals surface area (Å²) in [6.07, 6.45) is 4.89. The van der Waals surface area contributed by atoms with E-state index in [2.05, 4.69) is 34.7 Å². The van der Waals surface area contributed by atoms with Gasteiger partial charge in [0.15, 0.2) is 5.76 Å². The van der Waals surface area contributed by atoms with Crippen LogP contribution in [0.2, 0.25) is 0 Å². The summed E-state index contributed by atoms with van der Waals surface area (Å²) in [5, 5.41) is 1.11. The molecule has 0 aliphatic carbocycles. The Hall–Kier alpha value is -3.09. The Kier molecular flexibility index (Phi) is 5.49. The largest absolute Gasteiger partial charge is 0.478 e. The first kappa shape index (κ1) is 20.8. The van der Waals surface area contributed by atoms with Crippen molar-refractivity contribution in [3.63, 3.8) is 0 Å². The number of ether oxygens (including phenoxy) is 3. The van der Waals surface area contributed by atoms with Crippen LogP contribution in [0.15, 0.2) is 42.3 Å². The zero-order valence-corrected chi connectivity index (χ0v) is 18.8. The van der Waals surface area contributed by atoms with E-state index in [1.165, 1.54) is 0 Å². The van der Waals surface area contributed by atoms with E-state index in [-0.39, 0.29) is 5.78 Å². The highest BCUT2D eigenvalue weighted by Gasteiger charge is 2.35. The molecule has 0 N–H and O–H groups in total. The number of hydrogen-bond donors (Lipinski definition) is 0. The van der Waals surface area contributed by atoms with Gasteiger partial charge in [-0.25, -0.2) is 0 Å². The number of allylic oxidation sites excluding steroid dienone is 1. The number of aryl methyl sites for hydroxylation is 2. The average molecular weight is 433 g/mol. The predicted octanol–water partition coefficient (Wildman–Crippen LogP) is 4.77. The number of hydrogen-bond acceptors (Lipinski definition) is 5. The van der Waals surface area contributed by atoms with Gasteiger partial charge < -0.3 is 18.8 Å². The predicted molar refractivity (Wildman–Crippen MR) is 124 cm³/mol. The van der Waals surface area contributed by atoms with Crippen LogP contribution in [0.25, 0.3) is 17.0 Å². The minimum absolute atomic E-state index is 0.0647. The van der Waals surface area contributed by atoms with Crippen LogP contribution >= 0.6 is 0 Å². The van der Waals surface area contributed by atoms with Crippen LogP contribution in [-0.4, -0.2) is 42.2 Å². The van der Waals surface area contributed by atoms with Crippen LogP contribution in [0.4, 0.5) is 0 Å². The van der Waals surface area contributed by atoms with Crippen molar-refractivity contribution in [2.24, 2.45) is 0 Å². The second-order valence-electron chi connectivity index (χ2n) is 8.37. The molecular formula is C26H28N2O4. The van der Waals surface area contributed by atoms with Crippen molar-refractivity contribution in [3.05, 3.63) is 64.5 Å². The first-order valence-corrected chi connectivity index (χ1v) is 11.1. The van der Waals surface area contributed by atoms with Crippen molar-refractivity contribution in [2.75, 3.05) is 27.0 Å². The zero-order valence-electron chi connectivity index (χ0n) is 18.8. The summed E-state index contributed by atoms with van der Waals surface area (Å²) in [7, 11) is 1.71. The summed E-state index contributed by atoms with van der Waals surface area (Å²) in [6.45, 7) is 7.72. The highest BCUT2D eigenvalue weighted by molar-refractivity contribution is 6.16. The van der Waals surface area contributed by atoms with Gasteiger partial charge in [-0.1, -0.05) is 18.2 Å². The highest BCUT2D eigenvalue weighted by Crippen LogP contribution is 2.44. The van der Waals surface area contributed by atoms with E-state index in [0.717, 1.165) is 52.9 Å². The van der Waals surface area contributed by atoms with E-state index in [0.29, 0.717) is 37.0 Å². The average Bonchev–Trinajstić information content (AvgIpc) is 3.33. The lowest BCUT2D eigenvalue weighted by Gasteiger charge is -2.30. The molecule has 0 amide bonds. The molecule has 0 saturated carbocycles. The molecule has 2 aliphatic rings. The van der Waals surface area contributed by atoms with Crippen molar-refractivity contribution < 1.29 is 19.0 Å². The number of ketones is 1. The second-order valence-corrected chi connectivity index (χ2v) is 8.37. The fraction of sp³-hybridized carbons (Fsp3) is 0.346. The lowest BCUT2D eigenvalue weighted by Crippen LogP contribution is -2.33. The molecule has 6 heteroatoms. The van der Waals surface area contributed by atoms with Gasteiger partial charge in [0, 0.05) is 56.0 Å². The van der Waals surface area contributed by atoms with Crippen LogP contribution in [0.5, 0.6) is 11.5 Å². The van der Waals surface area contributed by atoms with Gasteiger partial charge >= 0.3 is 0 Å². The number of para-hydroxylation sites is 1. The highest BCUT2D eigenvalue weighted by atomic mass is 16.5. The molecule has 0 unspecified atom stereocenters. The normalized spacial score (nSPS) is 16.8. The van der Waals surface area contributed by atoms with Crippen LogP contribution in [-0.2, 0) is 17.8 Å². The van der Waals surface area contributed by atoms with Crippen LogP contribution < -0.4 is 9.47 Å². The smallest absolute Gasteiger partial charge is 0.232 e. The summed E-state index contributed by atoms with van der Waals surface area (Å²) in [5.74, 6) is 1.75. The Morgan fingerprint density at radius 1 is 1.25 bits per heavy atom. The third-order valence-corrected chi connectivity index (χ3v) is 6.26. The standard InChI is InChI=1S/C26H28N2O4/c1-4-28-14-18(19-8-5-6-9-21(19)28)13-23-25(29)24-17(2)12-22-20(26(24)32-23)15-27(16-31-22)10-7-11-30-3/h5-6,8-9,12-14H,4,7,10-11,15-16H2,1-3H3/b23-13-. The van der Waals surface area contributed by atoms with Gasteiger partial charge in [-0.15, -0.1) is 0 Å². The van der Waals surface area contributed by atoms with Gasteiger partial charge in [0.2, 0.25) is 5.78 Å². The summed E-state index contributed by atoms with van der Waals surface area (Å²) < 4.78 is 19.6. The minimum atomic E-state index is -0.0647. The van der Waals surface area contributed by atoms with E-state index in [1.807, 2.05) is 31.2 Å². The molecule has 0 atom stereocenters. The second kappa shape index (κ2) is 8.45. The fourth-order valence-corrected chi connectivity index (χ4v) is 4.64. The maximum Gasteiger partial charge on any atom is 0.232 e. The van der Waals surface area contributed by atoms with Crippen molar-refractivity contribution in [3.8, 4) is 11.5 Å². The Morgan fingerprint density at radius 3 is 2.91 bits per heavy atom. The summed E-state index contributed by atoms with van der Waals surface area (Å²) in [4.78, 5) is 15.6.